The number of anilines is 1. The van der Waals surface area contributed by atoms with Gasteiger partial charge in [-0.2, -0.15) is 0 Å². The van der Waals surface area contributed by atoms with Crippen molar-refractivity contribution in [2.45, 2.75) is 0 Å². The van der Waals surface area contributed by atoms with Crippen molar-refractivity contribution in [3.8, 4) is 0 Å². The maximum absolute atomic E-state index is 8.47. The lowest BCUT2D eigenvalue weighted by atomic mass is 10.2. The first-order chi connectivity index (χ1) is 6.20. The zero-order valence-corrected chi connectivity index (χ0v) is 6.25. The molecule has 0 aromatic carbocycles. The van der Waals surface area contributed by atoms with Crippen LogP contribution in [0, 0.1) is 0 Å². The van der Waals surface area contributed by atoms with Crippen molar-refractivity contribution in [2.75, 3.05) is 5.73 Å². The molecular weight excluding hydrogens is 180 g/mol. The highest BCUT2D eigenvalue weighted by Crippen LogP contribution is 2.05. The Hall–Kier alpha value is -2.32. The third-order valence-electron chi connectivity index (χ3n) is 1.19. The van der Waals surface area contributed by atoms with E-state index in [-0.39, 0.29) is 17.2 Å². The predicted molar refractivity (Wildman–Crippen MR) is 40.4 cm³/mol. The molecule has 9 nitrogen and oxygen atoms in total. The van der Waals surface area contributed by atoms with Gasteiger partial charge in [0.2, 0.25) is 0 Å². The average molecular weight is 186 g/mol. The molecule has 0 aliphatic heterocycles. The minimum absolute atomic E-state index is 0.0993. The van der Waals surface area contributed by atoms with Gasteiger partial charge in [-0.15, -0.1) is 0 Å². The Labute approximate surface area is 71.3 Å². The second kappa shape index (κ2) is 3.38. The molecule has 1 rings (SSSR count). The molecule has 0 saturated carbocycles. The fourth-order valence-electron chi connectivity index (χ4n) is 0.627. The highest BCUT2D eigenvalue weighted by molar-refractivity contribution is 6.47. The summed E-state index contributed by atoms with van der Waals surface area (Å²) in [5.41, 5.74) is 9.97. The summed E-state index contributed by atoms with van der Waals surface area (Å²) in [6, 6.07) is 0. The van der Waals surface area contributed by atoms with Gasteiger partial charge in [0.25, 0.3) is 0 Å². The quantitative estimate of drug-likeness (QED) is 0.191. The normalized spacial score (nSPS) is 13.2. The monoisotopic (exact) mass is 186 g/mol. The minimum atomic E-state index is -0.454. The van der Waals surface area contributed by atoms with Crippen molar-refractivity contribution in [1.82, 2.24) is 10.3 Å². The molecule has 0 fully saturated rings. The number of nitrogen functional groups attached to an aromatic ring is 1. The number of hydrogen-bond acceptors (Lipinski definition) is 8. The van der Waals surface area contributed by atoms with E-state index in [0.717, 1.165) is 0 Å². The molecule has 9 heteroatoms. The second-order valence-electron chi connectivity index (χ2n) is 1.93. The van der Waals surface area contributed by atoms with Crippen molar-refractivity contribution >= 4 is 17.4 Å². The van der Waals surface area contributed by atoms with Crippen LogP contribution >= 0.6 is 0 Å². The zero-order valence-electron chi connectivity index (χ0n) is 6.25. The Balaban J connectivity index is 3.14. The van der Waals surface area contributed by atoms with E-state index < -0.39 is 5.84 Å². The molecular formula is C4H6N6O3. The molecule has 0 atom stereocenters. The van der Waals surface area contributed by atoms with Crippen LogP contribution in [0.5, 0.6) is 0 Å². The molecule has 0 spiro atoms. The van der Waals surface area contributed by atoms with E-state index in [9.17, 15) is 0 Å². The number of hydrogen-bond donors (Lipinski definition) is 4. The fraction of sp³-hybridized carbons (Fsp3) is 0. The minimum Gasteiger partial charge on any atom is -0.410 e. The maximum atomic E-state index is 8.47. The molecule has 1 aromatic rings. The molecule has 0 aliphatic rings. The lowest BCUT2D eigenvalue weighted by Crippen LogP contribution is -2.26. The van der Waals surface area contributed by atoms with Gasteiger partial charge in [0.15, 0.2) is 23.1 Å². The zero-order chi connectivity index (χ0) is 9.84. The first kappa shape index (κ1) is 8.77. The molecule has 0 amide bonds. The van der Waals surface area contributed by atoms with Crippen LogP contribution in [-0.2, 0) is 0 Å². The van der Waals surface area contributed by atoms with Crippen LogP contribution in [0.1, 0.15) is 5.69 Å². The van der Waals surface area contributed by atoms with Crippen LogP contribution in [0.4, 0.5) is 5.82 Å². The molecule has 0 unspecified atom stereocenters. The summed E-state index contributed by atoms with van der Waals surface area (Å²) in [7, 11) is 0. The summed E-state index contributed by atoms with van der Waals surface area (Å²) in [6.45, 7) is 0. The SMILES string of the molecule is N/C(=N\O)C(=NO)c1nonc1N. The van der Waals surface area contributed by atoms with Gasteiger partial charge in [0, 0.05) is 0 Å². The van der Waals surface area contributed by atoms with Crippen molar-refractivity contribution in [3.05, 3.63) is 5.69 Å². The van der Waals surface area contributed by atoms with Crippen molar-refractivity contribution in [3.63, 3.8) is 0 Å². The van der Waals surface area contributed by atoms with Crippen LogP contribution in [0.2, 0.25) is 0 Å². The Morgan fingerprint density at radius 3 is 2.38 bits per heavy atom. The first-order valence-electron chi connectivity index (χ1n) is 2.99. The number of oxime groups is 2. The second-order valence-corrected chi connectivity index (χ2v) is 1.93. The Bertz CT molecular complexity index is 355. The number of amidine groups is 1. The van der Waals surface area contributed by atoms with E-state index in [1.807, 2.05) is 0 Å². The maximum Gasteiger partial charge on any atom is 0.198 e. The number of rotatable bonds is 2. The smallest absolute Gasteiger partial charge is 0.198 e. The average Bonchev–Trinajstić information content (AvgIpc) is 2.53. The van der Waals surface area contributed by atoms with Crippen LogP contribution in [0.25, 0.3) is 0 Å². The third kappa shape index (κ3) is 1.47. The summed E-state index contributed by atoms with van der Waals surface area (Å²) < 4.78 is 4.21. The molecule has 0 bridgehead atoms. The Morgan fingerprint density at radius 1 is 1.31 bits per heavy atom. The summed E-state index contributed by atoms with van der Waals surface area (Å²) in [6.07, 6.45) is 0. The fourth-order valence-corrected chi connectivity index (χ4v) is 0.627. The van der Waals surface area contributed by atoms with Gasteiger partial charge in [0.05, 0.1) is 0 Å². The van der Waals surface area contributed by atoms with E-state index in [1.165, 1.54) is 0 Å². The summed E-state index contributed by atoms with van der Waals surface area (Å²) in [5, 5.41) is 28.6. The lowest BCUT2D eigenvalue weighted by molar-refractivity contribution is 0.304. The molecule has 70 valence electrons. The van der Waals surface area contributed by atoms with Crippen molar-refractivity contribution in [1.29, 1.82) is 0 Å². The van der Waals surface area contributed by atoms with Crippen LogP contribution in [0.15, 0.2) is 14.9 Å². The van der Waals surface area contributed by atoms with E-state index in [2.05, 4.69) is 25.3 Å². The Morgan fingerprint density at radius 2 is 2.00 bits per heavy atom. The van der Waals surface area contributed by atoms with Gasteiger partial charge in [-0.3, -0.25) is 0 Å². The number of nitrogens with zero attached hydrogens (tertiary/aromatic N) is 4. The lowest BCUT2D eigenvalue weighted by Gasteiger charge is -1.95. The summed E-state index contributed by atoms with van der Waals surface area (Å²) >= 11 is 0. The number of aromatic nitrogens is 2. The van der Waals surface area contributed by atoms with Gasteiger partial charge < -0.3 is 21.9 Å². The molecule has 1 aromatic heterocycles. The predicted octanol–water partition coefficient (Wildman–Crippen LogP) is -1.42. The molecule has 0 saturated heterocycles. The van der Waals surface area contributed by atoms with Crippen LogP contribution in [0.3, 0.4) is 0 Å². The van der Waals surface area contributed by atoms with E-state index >= 15 is 0 Å². The standard InChI is InChI=1S/C4H6N6O3/c5-3(8-12)1(7-11)2-4(6)10-13-9-2/h11-12H,(H2,5,8)(H2,6,10). The van der Waals surface area contributed by atoms with Gasteiger partial charge >= 0.3 is 0 Å². The molecule has 0 radical (unpaired) electrons. The van der Waals surface area contributed by atoms with Crippen LogP contribution in [-0.4, -0.2) is 32.3 Å². The van der Waals surface area contributed by atoms with Crippen LogP contribution < -0.4 is 11.5 Å². The van der Waals surface area contributed by atoms with Gasteiger partial charge in [-0.05, 0) is 10.3 Å². The Kier molecular flexibility index (Phi) is 2.28. The summed E-state index contributed by atoms with van der Waals surface area (Å²) in [4.78, 5) is 0. The highest BCUT2D eigenvalue weighted by Gasteiger charge is 2.18. The van der Waals surface area contributed by atoms with Crippen molar-refractivity contribution in [2.24, 2.45) is 16.0 Å². The first-order valence-corrected chi connectivity index (χ1v) is 2.99. The molecule has 0 aliphatic carbocycles. The van der Waals surface area contributed by atoms with Crippen molar-refractivity contribution < 1.29 is 15.0 Å². The molecule has 13 heavy (non-hydrogen) atoms. The number of nitrogens with two attached hydrogens (primary N) is 2. The van der Waals surface area contributed by atoms with E-state index in [0.29, 0.717) is 0 Å². The molecule has 1 heterocycles. The van der Waals surface area contributed by atoms with E-state index in [1.54, 1.807) is 0 Å². The molecule has 6 N–H and O–H groups in total. The third-order valence-corrected chi connectivity index (χ3v) is 1.19. The topological polar surface area (TPSA) is 156 Å². The van der Waals surface area contributed by atoms with Gasteiger partial charge in [-0.25, -0.2) is 4.63 Å². The van der Waals surface area contributed by atoms with Gasteiger partial charge in [-0.1, -0.05) is 10.3 Å². The van der Waals surface area contributed by atoms with Gasteiger partial charge in [0.1, 0.15) is 0 Å². The summed E-state index contributed by atoms with van der Waals surface area (Å²) in [5.74, 6) is -0.579. The highest BCUT2D eigenvalue weighted by atomic mass is 16.6. The largest absolute Gasteiger partial charge is 0.410 e. The van der Waals surface area contributed by atoms with E-state index in [4.69, 9.17) is 21.9 Å².